The van der Waals surface area contributed by atoms with Crippen LogP contribution < -0.4 is 5.32 Å². The zero-order valence-corrected chi connectivity index (χ0v) is 10.7. The van der Waals surface area contributed by atoms with Crippen LogP contribution in [0, 0.1) is 5.41 Å². The molecule has 1 fully saturated rings. The van der Waals surface area contributed by atoms with Gasteiger partial charge in [0.05, 0.1) is 18.8 Å². The van der Waals surface area contributed by atoms with E-state index in [1.165, 1.54) is 19.3 Å². The van der Waals surface area contributed by atoms with Gasteiger partial charge in [0, 0.05) is 18.8 Å². The third-order valence-corrected chi connectivity index (χ3v) is 3.70. The van der Waals surface area contributed by atoms with Gasteiger partial charge < -0.3 is 10.4 Å². The fourth-order valence-electron chi connectivity index (χ4n) is 2.56. The van der Waals surface area contributed by atoms with Crippen molar-refractivity contribution in [2.24, 2.45) is 5.41 Å². The van der Waals surface area contributed by atoms with Crippen molar-refractivity contribution < 1.29 is 5.11 Å². The van der Waals surface area contributed by atoms with Gasteiger partial charge in [0.15, 0.2) is 0 Å². The Morgan fingerprint density at radius 2 is 2.41 bits per heavy atom. The van der Waals surface area contributed by atoms with Gasteiger partial charge in [-0.1, -0.05) is 25.5 Å². The summed E-state index contributed by atoms with van der Waals surface area (Å²) >= 11 is 0. The first-order chi connectivity index (χ1) is 8.12. The van der Waals surface area contributed by atoms with Gasteiger partial charge in [-0.25, -0.2) is 4.68 Å². The average molecular weight is 238 g/mol. The van der Waals surface area contributed by atoms with Crippen molar-refractivity contribution in [3.63, 3.8) is 0 Å². The van der Waals surface area contributed by atoms with Crippen molar-refractivity contribution >= 4 is 0 Å². The molecule has 96 valence electrons. The normalized spacial score (nSPS) is 23.1. The highest BCUT2D eigenvalue weighted by Crippen LogP contribution is 2.37. The molecule has 5 nitrogen and oxygen atoms in total. The van der Waals surface area contributed by atoms with Gasteiger partial charge in [-0.15, -0.1) is 5.10 Å². The lowest BCUT2D eigenvalue weighted by Crippen LogP contribution is -2.37. The first-order valence-corrected chi connectivity index (χ1v) is 6.35. The topological polar surface area (TPSA) is 63.0 Å². The van der Waals surface area contributed by atoms with Crippen molar-refractivity contribution in [1.82, 2.24) is 20.3 Å². The Morgan fingerprint density at radius 1 is 1.59 bits per heavy atom. The number of hydrogen-bond donors (Lipinski definition) is 2. The fraction of sp³-hybridized carbons (Fsp3) is 0.833. The van der Waals surface area contributed by atoms with Gasteiger partial charge in [0.2, 0.25) is 0 Å². The van der Waals surface area contributed by atoms with E-state index in [9.17, 15) is 0 Å². The summed E-state index contributed by atoms with van der Waals surface area (Å²) in [6.07, 6.45) is 5.74. The Balaban J connectivity index is 1.85. The highest BCUT2D eigenvalue weighted by Gasteiger charge is 2.33. The molecule has 2 rings (SSSR count). The van der Waals surface area contributed by atoms with E-state index in [1.807, 2.05) is 6.20 Å². The molecule has 2 N–H and O–H groups in total. The number of aromatic nitrogens is 3. The van der Waals surface area contributed by atoms with Crippen LogP contribution in [0.15, 0.2) is 6.20 Å². The molecule has 1 aromatic rings. The summed E-state index contributed by atoms with van der Waals surface area (Å²) in [5, 5.41) is 20.4. The molecule has 1 heterocycles. The van der Waals surface area contributed by atoms with Crippen LogP contribution in [0.1, 0.15) is 38.8 Å². The summed E-state index contributed by atoms with van der Waals surface area (Å²) in [4.78, 5) is 0. The van der Waals surface area contributed by atoms with Crippen LogP contribution in [-0.2, 0) is 13.1 Å². The molecular weight excluding hydrogens is 216 g/mol. The molecule has 0 aliphatic heterocycles. The van der Waals surface area contributed by atoms with Gasteiger partial charge in [-0.3, -0.25) is 0 Å². The maximum absolute atomic E-state index is 8.80. The van der Waals surface area contributed by atoms with Crippen molar-refractivity contribution in [3.8, 4) is 0 Å². The van der Waals surface area contributed by atoms with Crippen LogP contribution in [-0.4, -0.2) is 32.7 Å². The van der Waals surface area contributed by atoms with E-state index in [1.54, 1.807) is 4.68 Å². The number of aliphatic hydroxyl groups is 1. The van der Waals surface area contributed by atoms with Crippen molar-refractivity contribution in [3.05, 3.63) is 11.9 Å². The molecule has 1 unspecified atom stereocenters. The van der Waals surface area contributed by atoms with Crippen LogP contribution in [0.25, 0.3) is 0 Å². The molecule has 1 aliphatic rings. The maximum Gasteiger partial charge on any atom is 0.0964 e. The minimum atomic E-state index is 0.103. The van der Waals surface area contributed by atoms with Gasteiger partial charge in [0.25, 0.3) is 0 Å². The van der Waals surface area contributed by atoms with Crippen LogP contribution in [0.4, 0.5) is 0 Å². The van der Waals surface area contributed by atoms with Gasteiger partial charge in [-0.2, -0.15) is 0 Å². The number of hydrogen-bond acceptors (Lipinski definition) is 4. The Morgan fingerprint density at radius 3 is 3.06 bits per heavy atom. The lowest BCUT2D eigenvalue weighted by atomic mass is 9.87. The quantitative estimate of drug-likeness (QED) is 0.801. The smallest absolute Gasteiger partial charge is 0.0964 e. The molecule has 1 saturated carbocycles. The molecule has 0 radical (unpaired) electrons. The molecule has 1 atom stereocenters. The molecule has 5 heteroatoms. The third kappa shape index (κ3) is 3.04. The van der Waals surface area contributed by atoms with Crippen LogP contribution >= 0.6 is 0 Å². The van der Waals surface area contributed by atoms with Crippen molar-refractivity contribution in [2.45, 2.75) is 52.2 Å². The summed E-state index contributed by atoms with van der Waals surface area (Å²) < 4.78 is 1.68. The summed E-state index contributed by atoms with van der Waals surface area (Å²) in [5.74, 6) is 0. The van der Waals surface area contributed by atoms with E-state index in [0.29, 0.717) is 18.0 Å². The highest BCUT2D eigenvalue weighted by molar-refractivity contribution is 4.96. The molecule has 0 amide bonds. The van der Waals surface area contributed by atoms with E-state index in [4.69, 9.17) is 5.11 Å². The number of rotatable bonds is 5. The molecule has 17 heavy (non-hydrogen) atoms. The van der Waals surface area contributed by atoms with Crippen LogP contribution in [0.2, 0.25) is 0 Å². The Hall–Kier alpha value is -0.940. The van der Waals surface area contributed by atoms with E-state index in [-0.39, 0.29) is 6.61 Å². The Kier molecular flexibility index (Phi) is 3.79. The minimum absolute atomic E-state index is 0.103. The van der Waals surface area contributed by atoms with Crippen LogP contribution in [0.5, 0.6) is 0 Å². The molecule has 0 saturated heterocycles. The maximum atomic E-state index is 8.80. The second kappa shape index (κ2) is 5.14. The van der Waals surface area contributed by atoms with Gasteiger partial charge >= 0.3 is 0 Å². The summed E-state index contributed by atoms with van der Waals surface area (Å²) in [6, 6.07) is 0.575. The number of nitrogens with one attached hydrogen (secondary N) is 1. The van der Waals surface area contributed by atoms with Gasteiger partial charge in [0.1, 0.15) is 0 Å². The predicted octanol–water partition coefficient (Wildman–Crippen LogP) is 0.939. The zero-order valence-electron chi connectivity index (χ0n) is 10.7. The highest BCUT2D eigenvalue weighted by atomic mass is 16.3. The lowest BCUT2D eigenvalue weighted by molar-refractivity contribution is 0.268. The van der Waals surface area contributed by atoms with Crippen molar-refractivity contribution in [1.29, 1.82) is 0 Å². The Labute approximate surface area is 102 Å². The minimum Gasteiger partial charge on any atom is -0.394 e. The van der Waals surface area contributed by atoms with E-state index >= 15 is 0 Å². The number of nitrogens with zero attached hydrogens (tertiary/aromatic N) is 3. The molecule has 1 aromatic heterocycles. The average Bonchev–Trinajstić information content (AvgIpc) is 2.83. The Bertz CT molecular complexity index is 361. The van der Waals surface area contributed by atoms with E-state index < -0.39 is 0 Å². The first kappa shape index (κ1) is 12.5. The fourth-order valence-corrected chi connectivity index (χ4v) is 2.56. The monoisotopic (exact) mass is 238 g/mol. The van der Waals surface area contributed by atoms with E-state index in [2.05, 4.69) is 29.5 Å². The molecule has 0 bridgehead atoms. The SMILES string of the molecule is CC1(C)CCCC1NCc1cn(CCO)nn1. The summed E-state index contributed by atoms with van der Waals surface area (Å²) in [7, 11) is 0. The zero-order chi connectivity index (χ0) is 12.3. The first-order valence-electron chi connectivity index (χ1n) is 6.35. The third-order valence-electron chi connectivity index (χ3n) is 3.70. The largest absolute Gasteiger partial charge is 0.394 e. The second-order valence-corrected chi connectivity index (χ2v) is 5.51. The summed E-state index contributed by atoms with van der Waals surface area (Å²) in [6.45, 7) is 6.02. The lowest BCUT2D eigenvalue weighted by Gasteiger charge is -2.27. The number of aliphatic hydroxyl groups excluding tert-OH is 1. The standard InChI is InChI=1S/C12H22N4O/c1-12(2)5-3-4-11(12)13-8-10-9-16(6-7-17)15-14-10/h9,11,13,17H,3-8H2,1-2H3. The van der Waals surface area contributed by atoms with E-state index in [0.717, 1.165) is 12.2 Å². The summed E-state index contributed by atoms with van der Waals surface area (Å²) in [5.41, 5.74) is 1.34. The van der Waals surface area contributed by atoms with Gasteiger partial charge in [-0.05, 0) is 18.3 Å². The molecular formula is C12H22N4O. The van der Waals surface area contributed by atoms with Crippen LogP contribution in [0.3, 0.4) is 0 Å². The molecule has 1 aliphatic carbocycles. The predicted molar refractivity (Wildman–Crippen MR) is 65.4 cm³/mol. The van der Waals surface area contributed by atoms with Crippen molar-refractivity contribution in [2.75, 3.05) is 6.61 Å². The molecule has 0 spiro atoms. The second-order valence-electron chi connectivity index (χ2n) is 5.51. The molecule has 0 aromatic carbocycles.